The van der Waals surface area contributed by atoms with Crippen molar-refractivity contribution in [2.45, 2.75) is 6.92 Å². The zero-order valence-corrected chi connectivity index (χ0v) is 11.8. The number of benzene rings is 2. The standard InChI is InChI=1S/C16H14ClN3/c1-10-4-2-6-13(18)15(10)20-14-8-7-12(17)11-5-3-9-19-16(11)14/h2-9,20H,18H2,1H3. The Labute approximate surface area is 122 Å². The lowest BCUT2D eigenvalue weighted by molar-refractivity contribution is 1.39. The van der Waals surface area contributed by atoms with Crippen molar-refractivity contribution < 1.29 is 0 Å². The van der Waals surface area contributed by atoms with Gasteiger partial charge in [-0.05, 0) is 42.8 Å². The van der Waals surface area contributed by atoms with E-state index in [1.165, 1.54) is 0 Å². The molecule has 3 N–H and O–H groups in total. The van der Waals surface area contributed by atoms with Crippen LogP contribution in [-0.2, 0) is 0 Å². The highest BCUT2D eigenvalue weighted by molar-refractivity contribution is 6.35. The van der Waals surface area contributed by atoms with Crippen LogP contribution >= 0.6 is 11.6 Å². The van der Waals surface area contributed by atoms with Gasteiger partial charge in [0.1, 0.15) is 0 Å². The number of rotatable bonds is 2. The molecule has 3 nitrogen and oxygen atoms in total. The molecule has 0 bridgehead atoms. The molecule has 4 heteroatoms. The fourth-order valence-corrected chi connectivity index (χ4v) is 2.45. The second kappa shape index (κ2) is 5.02. The zero-order chi connectivity index (χ0) is 14.1. The Morgan fingerprint density at radius 3 is 2.75 bits per heavy atom. The van der Waals surface area contributed by atoms with Gasteiger partial charge in [-0.1, -0.05) is 23.7 Å². The number of aryl methyl sites for hydroxylation is 1. The number of halogens is 1. The highest BCUT2D eigenvalue weighted by Crippen LogP contribution is 2.32. The molecule has 100 valence electrons. The van der Waals surface area contributed by atoms with Gasteiger partial charge < -0.3 is 11.1 Å². The number of aromatic nitrogens is 1. The molecule has 2 aromatic carbocycles. The van der Waals surface area contributed by atoms with E-state index in [-0.39, 0.29) is 0 Å². The minimum absolute atomic E-state index is 0.691. The van der Waals surface area contributed by atoms with E-state index in [4.69, 9.17) is 17.3 Å². The molecule has 20 heavy (non-hydrogen) atoms. The van der Waals surface area contributed by atoms with Crippen LogP contribution in [0.15, 0.2) is 48.7 Å². The van der Waals surface area contributed by atoms with Gasteiger partial charge in [0, 0.05) is 11.6 Å². The average molecular weight is 284 g/mol. The van der Waals surface area contributed by atoms with Crippen molar-refractivity contribution in [1.82, 2.24) is 4.98 Å². The lowest BCUT2D eigenvalue weighted by Crippen LogP contribution is -1.99. The number of nitrogens with two attached hydrogens (primary N) is 1. The van der Waals surface area contributed by atoms with E-state index in [1.807, 2.05) is 49.4 Å². The van der Waals surface area contributed by atoms with E-state index in [0.717, 1.165) is 27.8 Å². The first kappa shape index (κ1) is 12.8. The fraction of sp³-hybridized carbons (Fsp3) is 0.0625. The summed E-state index contributed by atoms with van der Waals surface area (Å²) < 4.78 is 0. The predicted molar refractivity (Wildman–Crippen MR) is 85.6 cm³/mol. The molecule has 0 amide bonds. The molecule has 0 unspecified atom stereocenters. The molecule has 0 aliphatic heterocycles. The fourth-order valence-electron chi connectivity index (χ4n) is 2.23. The maximum Gasteiger partial charge on any atom is 0.0951 e. The van der Waals surface area contributed by atoms with Gasteiger partial charge >= 0.3 is 0 Å². The van der Waals surface area contributed by atoms with Crippen LogP contribution in [0.2, 0.25) is 5.02 Å². The van der Waals surface area contributed by atoms with Crippen molar-refractivity contribution in [3.05, 3.63) is 59.2 Å². The lowest BCUT2D eigenvalue weighted by atomic mass is 10.1. The number of nitrogens with zero attached hydrogens (tertiary/aromatic N) is 1. The minimum atomic E-state index is 0.691. The molecule has 0 radical (unpaired) electrons. The van der Waals surface area contributed by atoms with Crippen LogP contribution in [0.25, 0.3) is 10.9 Å². The van der Waals surface area contributed by atoms with Crippen LogP contribution < -0.4 is 11.1 Å². The number of anilines is 3. The Bertz CT molecular complexity index is 764. The number of pyridine rings is 1. The Hall–Kier alpha value is -2.26. The van der Waals surface area contributed by atoms with Crippen molar-refractivity contribution in [2.24, 2.45) is 0 Å². The molecule has 0 atom stereocenters. The Kier molecular flexibility index (Phi) is 3.20. The van der Waals surface area contributed by atoms with Crippen molar-refractivity contribution in [3.63, 3.8) is 0 Å². The van der Waals surface area contributed by atoms with Crippen LogP contribution in [0.4, 0.5) is 17.1 Å². The Morgan fingerprint density at radius 1 is 1.10 bits per heavy atom. The van der Waals surface area contributed by atoms with Crippen molar-refractivity contribution >= 4 is 39.6 Å². The summed E-state index contributed by atoms with van der Waals surface area (Å²) in [4.78, 5) is 4.41. The van der Waals surface area contributed by atoms with Crippen molar-refractivity contribution in [3.8, 4) is 0 Å². The van der Waals surface area contributed by atoms with Crippen LogP contribution in [-0.4, -0.2) is 4.98 Å². The normalized spacial score (nSPS) is 10.7. The Morgan fingerprint density at radius 2 is 1.95 bits per heavy atom. The minimum Gasteiger partial charge on any atom is -0.397 e. The zero-order valence-electron chi connectivity index (χ0n) is 11.0. The quantitative estimate of drug-likeness (QED) is 0.680. The third kappa shape index (κ3) is 2.17. The first-order chi connectivity index (χ1) is 9.66. The summed E-state index contributed by atoms with van der Waals surface area (Å²) in [6.07, 6.45) is 1.76. The summed E-state index contributed by atoms with van der Waals surface area (Å²) in [7, 11) is 0. The third-order valence-corrected chi connectivity index (χ3v) is 3.61. The van der Waals surface area contributed by atoms with Gasteiger partial charge in [-0.25, -0.2) is 0 Å². The number of hydrogen-bond donors (Lipinski definition) is 2. The average Bonchev–Trinajstić information content (AvgIpc) is 2.46. The first-order valence-corrected chi connectivity index (χ1v) is 6.70. The van der Waals surface area contributed by atoms with E-state index >= 15 is 0 Å². The predicted octanol–water partition coefficient (Wildman–Crippen LogP) is 4.52. The van der Waals surface area contributed by atoms with Gasteiger partial charge in [0.2, 0.25) is 0 Å². The molecule has 3 aromatic rings. The second-order valence-corrected chi connectivity index (χ2v) is 5.07. The van der Waals surface area contributed by atoms with Crippen molar-refractivity contribution in [2.75, 3.05) is 11.1 Å². The van der Waals surface area contributed by atoms with Gasteiger partial charge in [0.05, 0.1) is 27.6 Å². The molecule has 3 rings (SSSR count). The smallest absolute Gasteiger partial charge is 0.0951 e. The van der Waals surface area contributed by atoms with E-state index in [9.17, 15) is 0 Å². The molecule has 1 aromatic heterocycles. The van der Waals surface area contributed by atoms with E-state index in [2.05, 4.69) is 10.3 Å². The summed E-state index contributed by atoms with van der Waals surface area (Å²) in [6, 6.07) is 13.4. The SMILES string of the molecule is Cc1cccc(N)c1Nc1ccc(Cl)c2cccnc12. The highest BCUT2D eigenvalue weighted by atomic mass is 35.5. The Balaban J connectivity index is 2.14. The van der Waals surface area contributed by atoms with E-state index in [0.29, 0.717) is 10.7 Å². The summed E-state index contributed by atoms with van der Waals surface area (Å²) in [5.74, 6) is 0. The maximum atomic E-state index is 6.20. The molecule has 0 aliphatic carbocycles. The third-order valence-electron chi connectivity index (χ3n) is 3.28. The second-order valence-electron chi connectivity index (χ2n) is 4.66. The van der Waals surface area contributed by atoms with Gasteiger partial charge in [-0.2, -0.15) is 0 Å². The number of nitrogens with one attached hydrogen (secondary N) is 1. The monoisotopic (exact) mass is 283 g/mol. The van der Waals surface area contributed by atoms with Gasteiger partial charge in [-0.15, -0.1) is 0 Å². The van der Waals surface area contributed by atoms with Gasteiger partial charge in [0.25, 0.3) is 0 Å². The molecule has 0 fully saturated rings. The largest absolute Gasteiger partial charge is 0.397 e. The summed E-state index contributed by atoms with van der Waals surface area (Å²) in [5, 5.41) is 4.98. The molecule has 0 aliphatic rings. The number of para-hydroxylation sites is 1. The summed E-state index contributed by atoms with van der Waals surface area (Å²) in [6.45, 7) is 2.02. The van der Waals surface area contributed by atoms with Crippen LogP contribution in [0.3, 0.4) is 0 Å². The van der Waals surface area contributed by atoms with Crippen LogP contribution in [0.5, 0.6) is 0 Å². The van der Waals surface area contributed by atoms with Crippen LogP contribution in [0.1, 0.15) is 5.56 Å². The van der Waals surface area contributed by atoms with Crippen molar-refractivity contribution in [1.29, 1.82) is 0 Å². The lowest BCUT2D eigenvalue weighted by Gasteiger charge is -2.14. The first-order valence-electron chi connectivity index (χ1n) is 6.32. The van der Waals surface area contributed by atoms with Gasteiger partial charge in [-0.3, -0.25) is 4.98 Å². The molecule has 0 saturated heterocycles. The molecule has 0 spiro atoms. The topological polar surface area (TPSA) is 50.9 Å². The molecule has 1 heterocycles. The number of nitrogen functional groups attached to an aromatic ring is 1. The number of hydrogen-bond acceptors (Lipinski definition) is 3. The highest BCUT2D eigenvalue weighted by Gasteiger charge is 2.08. The molecule has 0 saturated carbocycles. The van der Waals surface area contributed by atoms with Crippen LogP contribution in [0, 0.1) is 6.92 Å². The molecular formula is C16H14ClN3. The van der Waals surface area contributed by atoms with E-state index in [1.54, 1.807) is 6.20 Å². The summed E-state index contributed by atoms with van der Waals surface area (Å²) >= 11 is 6.20. The maximum absolute atomic E-state index is 6.20. The van der Waals surface area contributed by atoms with E-state index < -0.39 is 0 Å². The molecular weight excluding hydrogens is 270 g/mol. The van der Waals surface area contributed by atoms with Gasteiger partial charge in [0.15, 0.2) is 0 Å². The number of fused-ring (bicyclic) bond motifs is 1. The summed E-state index contributed by atoms with van der Waals surface area (Å²) in [5.41, 5.74) is 10.5.